The molecule has 0 spiro atoms. The van der Waals surface area contributed by atoms with Crippen LogP contribution in [0.25, 0.3) is 0 Å². The van der Waals surface area contributed by atoms with Crippen molar-refractivity contribution >= 4 is 5.69 Å². The number of nitrogens with two attached hydrogens (primary N) is 1. The highest BCUT2D eigenvalue weighted by Gasteiger charge is 2.31. The van der Waals surface area contributed by atoms with E-state index in [1.54, 1.807) is 0 Å². The van der Waals surface area contributed by atoms with E-state index in [-0.39, 0.29) is 6.04 Å². The summed E-state index contributed by atoms with van der Waals surface area (Å²) < 4.78 is 0. The summed E-state index contributed by atoms with van der Waals surface area (Å²) in [5, 5.41) is 0. The molecule has 1 aliphatic heterocycles. The average molecular weight is 260 g/mol. The Labute approximate surface area is 118 Å². The number of rotatable bonds is 4. The lowest BCUT2D eigenvalue weighted by atomic mass is 9.74. The molecule has 2 rings (SSSR count). The molecule has 0 saturated carbocycles. The summed E-state index contributed by atoms with van der Waals surface area (Å²) in [5.41, 5.74) is 9.31. The van der Waals surface area contributed by atoms with Crippen LogP contribution in [0.1, 0.15) is 58.1 Å². The van der Waals surface area contributed by atoms with Crippen molar-refractivity contribution in [2.45, 2.75) is 52.5 Å². The normalized spacial score (nSPS) is 20.3. The van der Waals surface area contributed by atoms with Crippen LogP contribution in [0.4, 0.5) is 5.69 Å². The molecule has 1 aromatic carbocycles. The first kappa shape index (κ1) is 14.4. The van der Waals surface area contributed by atoms with Gasteiger partial charge in [-0.15, -0.1) is 0 Å². The standard InChI is InChI=1S/C17H28N2/c1-4-17(5-2)10-12-19(13-11-17)16-9-7-6-8-15(16)14(3)18/h6-9,14H,4-5,10-13,18H2,1-3H3/t14-/m0/s1. The molecule has 19 heavy (non-hydrogen) atoms. The van der Waals surface area contributed by atoms with Gasteiger partial charge in [0, 0.05) is 24.8 Å². The smallest absolute Gasteiger partial charge is 0.0414 e. The molecular formula is C17H28N2. The molecule has 1 atom stereocenters. The van der Waals surface area contributed by atoms with Gasteiger partial charge < -0.3 is 10.6 Å². The minimum absolute atomic E-state index is 0.111. The number of benzene rings is 1. The van der Waals surface area contributed by atoms with Gasteiger partial charge in [-0.3, -0.25) is 0 Å². The van der Waals surface area contributed by atoms with Gasteiger partial charge in [0.1, 0.15) is 0 Å². The van der Waals surface area contributed by atoms with Crippen molar-refractivity contribution < 1.29 is 0 Å². The van der Waals surface area contributed by atoms with E-state index in [9.17, 15) is 0 Å². The highest BCUT2D eigenvalue weighted by atomic mass is 15.1. The molecule has 1 heterocycles. The zero-order chi connectivity index (χ0) is 13.9. The van der Waals surface area contributed by atoms with Crippen LogP contribution >= 0.6 is 0 Å². The molecule has 0 aromatic heterocycles. The van der Waals surface area contributed by atoms with Crippen molar-refractivity contribution in [1.82, 2.24) is 0 Å². The molecule has 1 saturated heterocycles. The predicted octanol–water partition coefficient (Wildman–Crippen LogP) is 4.11. The van der Waals surface area contributed by atoms with Crippen molar-refractivity contribution in [2.24, 2.45) is 11.1 Å². The van der Waals surface area contributed by atoms with E-state index in [1.807, 2.05) is 0 Å². The van der Waals surface area contributed by atoms with Crippen molar-refractivity contribution in [3.8, 4) is 0 Å². The van der Waals surface area contributed by atoms with Crippen LogP contribution in [-0.4, -0.2) is 13.1 Å². The minimum atomic E-state index is 0.111. The molecule has 0 radical (unpaired) electrons. The highest BCUT2D eigenvalue weighted by molar-refractivity contribution is 5.55. The summed E-state index contributed by atoms with van der Waals surface area (Å²) in [4.78, 5) is 2.53. The van der Waals surface area contributed by atoms with Gasteiger partial charge in [-0.2, -0.15) is 0 Å². The Kier molecular flexibility index (Phi) is 4.51. The Bertz CT molecular complexity index is 397. The summed E-state index contributed by atoms with van der Waals surface area (Å²) in [6.07, 6.45) is 5.25. The second kappa shape index (κ2) is 5.96. The van der Waals surface area contributed by atoms with E-state index in [1.165, 1.54) is 50.0 Å². The molecule has 1 fully saturated rings. The third-order valence-electron chi connectivity index (χ3n) is 5.09. The van der Waals surface area contributed by atoms with Crippen LogP contribution in [0.3, 0.4) is 0 Å². The molecule has 2 N–H and O–H groups in total. The number of hydrogen-bond donors (Lipinski definition) is 1. The molecule has 2 heteroatoms. The number of hydrogen-bond acceptors (Lipinski definition) is 2. The number of nitrogens with zero attached hydrogens (tertiary/aromatic N) is 1. The third-order valence-corrected chi connectivity index (χ3v) is 5.09. The summed E-state index contributed by atoms with van der Waals surface area (Å²) in [5.74, 6) is 0. The second-order valence-corrected chi connectivity index (χ2v) is 6.04. The van der Waals surface area contributed by atoms with Crippen LogP contribution in [0.2, 0.25) is 0 Å². The van der Waals surface area contributed by atoms with Crippen LogP contribution in [0, 0.1) is 5.41 Å². The topological polar surface area (TPSA) is 29.3 Å². The number of anilines is 1. The zero-order valence-electron chi connectivity index (χ0n) is 12.7. The van der Waals surface area contributed by atoms with Gasteiger partial charge in [-0.05, 0) is 36.8 Å². The van der Waals surface area contributed by atoms with Crippen LogP contribution in [-0.2, 0) is 0 Å². The van der Waals surface area contributed by atoms with Crippen molar-refractivity contribution in [2.75, 3.05) is 18.0 Å². The first-order valence-corrected chi connectivity index (χ1v) is 7.71. The van der Waals surface area contributed by atoms with Gasteiger partial charge >= 0.3 is 0 Å². The van der Waals surface area contributed by atoms with Gasteiger partial charge in [-0.25, -0.2) is 0 Å². The van der Waals surface area contributed by atoms with Gasteiger partial charge in [0.15, 0.2) is 0 Å². The molecule has 2 nitrogen and oxygen atoms in total. The van der Waals surface area contributed by atoms with Crippen molar-refractivity contribution in [1.29, 1.82) is 0 Å². The van der Waals surface area contributed by atoms with Gasteiger partial charge in [0.05, 0.1) is 0 Å². The molecule has 1 aromatic rings. The van der Waals surface area contributed by atoms with E-state index in [4.69, 9.17) is 5.73 Å². The molecular weight excluding hydrogens is 232 g/mol. The number of piperidine rings is 1. The summed E-state index contributed by atoms with van der Waals surface area (Å²) >= 11 is 0. The molecule has 0 unspecified atom stereocenters. The van der Waals surface area contributed by atoms with Crippen LogP contribution in [0.15, 0.2) is 24.3 Å². The maximum absolute atomic E-state index is 6.10. The fourth-order valence-corrected chi connectivity index (χ4v) is 3.34. The Morgan fingerprint density at radius 1 is 1.16 bits per heavy atom. The van der Waals surface area contributed by atoms with Crippen LogP contribution in [0.5, 0.6) is 0 Å². The molecule has 0 aliphatic carbocycles. The van der Waals surface area contributed by atoms with Crippen molar-refractivity contribution in [3.05, 3.63) is 29.8 Å². The predicted molar refractivity (Wildman–Crippen MR) is 83.5 cm³/mol. The summed E-state index contributed by atoms with van der Waals surface area (Å²) in [7, 11) is 0. The van der Waals surface area contributed by atoms with E-state index >= 15 is 0 Å². The molecule has 0 amide bonds. The zero-order valence-corrected chi connectivity index (χ0v) is 12.7. The maximum Gasteiger partial charge on any atom is 0.0414 e. The third kappa shape index (κ3) is 2.94. The molecule has 106 valence electrons. The lowest BCUT2D eigenvalue weighted by Gasteiger charge is -2.42. The first-order valence-electron chi connectivity index (χ1n) is 7.71. The average Bonchev–Trinajstić information content (AvgIpc) is 2.47. The quantitative estimate of drug-likeness (QED) is 0.882. The Morgan fingerprint density at radius 3 is 2.26 bits per heavy atom. The van der Waals surface area contributed by atoms with Gasteiger partial charge in [-0.1, -0.05) is 44.9 Å². The molecule has 0 bridgehead atoms. The van der Waals surface area contributed by atoms with E-state index in [0.717, 1.165) is 0 Å². The lowest BCUT2D eigenvalue weighted by Crippen LogP contribution is -2.40. The van der Waals surface area contributed by atoms with E-state index < -0.39 is 0 Å². The fraction of sp³-hybridized carbons (Fsp3) is 0.647. The Balaban J connectivity index is 2.14. The Hall–Kier alpha value is -1.02. The summed E-state index contributed by atoms with van der Waals surface area (Å²) in [6.45, 7) is 9.10. The maximum atomic E-state index is 6.10. The molecule has 1 aliphatic rings. The summed E-state index contributed by atoms with van der Waals surface area (Å²) in [6, 6.07) is 8.72. The highest BCUT2D eigenvalue weighted by Crippen LogP contribution is 2.40. The fourth-order valence-electron chi connectivity index (χ4n) is 3.34. The first-order chi connectivity index (χ1) is 9.12. The van der Waals surface area contributed by atoms with E-state index in [2.05, 4.69) is 49.9 Å². The minimum Gasteiger partial charge on any atom is -0.371 e. The number of para-hydroxylation sites is 1. The van der Waals surface area contributed by atoms with Crippen molar-refractivity contribution in [3.63, 3.8) is 0 Å². The second-order valence-electron chi connectivity index (χ2n) is 6.04. The SMILES string of the molecule is CCC1(CC)CCN(c2ccccc2[C@H](C)N)CC1. The monoisotopic (exact) mass is 260 g/mol. The van der Waals surface area contributed by atoms with Gasteiger partial charge in [0.25, 0.3) is 0 Å². The van der Waals surface area contributed by atoms with Crippen LogP contribution < -0.4 is 10.6 Å². The van der Waals surface area contributed by atoms with Gasteiger partial charge in [0.2, 0.25) is 0 Å². The van der Waals surface area contributed by atoms with E-state index in [0.29, 0.717) is 5.41 Å². The lowest BCUT2D eigenvalue weighted by molar-refractivity contribution is 0.199. The Morgan fingerprint density at radius 2 is 1.74 bits per heavy atom. The largest absolute Gasteiger partial charge is 0.371 e.